The first kappa shape index (κ1) is 23.5. The summed E-state index contributed by atoms with van der Waals surface area (Å²) in [6.07, 6.45) is 3.82. The van der Waals surface area contributed by atoms with Crippen LogP contribution in [0.25, 0.3) is 5.57 Å². The van der Waals surface area contributed by atoms with E-state index in [1.807, 2.05) is 18.0 Å². The number of halogens is 2. The molecule has 0 aliphatic rings. The summed E-state index contributed by atoms with van der Waals surface area (Å²) < 4.78 is 14.3. The Hall–Kier alpha value is -2.19. The molecule has 0 aliphatic heterocycles. The topological polar surface area (TPSA) is 0 Å². The monoisotopic (exact) mass is 478 g/mol. The van der Waals surface area contributed by atoms with Crippen LogP contribution in [-0.4, -0.2) is 0 Å². The van der Waals surface area contributed by atoms with Gasteiger partial charge in [-0.25, -0.2) is 4.39 Å². The SMILES string of the molecule is CCc1ccc(C(C)(C)CCCc2cccc(/C(=C\Br)c3ccc(C)cc3)c2)cc1F. The van der Waals surface area contributed by atoms with Crippen LogP contribution in [-0.2, 0) is 18.3 Å². The van der Waals surface area contributed by atoms with Crippen molar-refractivity contribution in [2.24, 2.45) is 0 Å². The van der Waals surface area contributed by atoms with Crippen LogP contribution in [0.4, 0.5) is 4.39 Å². The van der Waals surface area contributed by atoms with E-state index in [-0.39, 0.29) is 11.2 Å². The van der Waals surface area contributed by atoms with Crippen molar-refractivity contribution in [3.05, 3.63) is 111 Å². The summed E-state index contributed by atoms with van der Waals surface area (Å²) in [4.78, 5) is 2.01. The number of benzene rings is 3. The highest BCUT2D eigenvalue weighted by atomic mass is 79.9. The van der Waals surface area contributed by atoms with Gasteiger partial charge in [-0.15, -0.1) is 0 Å². The Balaban J connectivity index is 1.68. The molecule has 0 atom stereocenters. The van der Waals surface area contributed by atoms with Gasteiger partial charge in [-0.1, -0.05) is 103 Å². The fraction of sp³-hybridized carbons (Fsp3) is 0.310. The smallest absolute Gasteiger partial charge is 0.126 e. The third-order valence-corrected chi connectivity index (χ3v) is 6.65. The van der Waals surface area contributed by atoms with Crippen LogP contribution in [0.1, 0.15) is 67.0 Å². The quantitative estimate of drug-likeness (QED) is 0.303. The summed E-state index contributed by atoms with van der Waals surface area (Å²) in [5.41, 5.74) is 8.04. The van der Waals surface area contributed by atoms with Crippen LogP contribution in [0.5, 0.6) is 0 Å². The third-order valence-electron chi connectivity index (χ3n) is 6.19. The molecule has 2 heteroatoms. The Morgan fingerprint density at radius 3 is 2.35 bits per heavy atom. The van der Waals surface area contributed by atoms with Gasteiger partial charge in [0.2, 0.25) is 0 Å². The largest absolute Gasteiger partial charge is 0.207 e. The Morgan fingerprint density at radius 2 is 1.71 bits per heavy atom. The Labute approximate surface area is 195 Å². The molecule has 3 aromatic rings. The third kappa shape index (κ3) is 5.95. The molecule has 0 saturated carbocycles. The zero-order chi connectivity index (χ0) is 22.4. The van der Waals surface area contributed by atoms with Crippen LogP contribution in [0.15, 0.2) is 71.7 Å². The molecule has 0 fully saturated rings. The second-order valence-electron chi connectivity index (χ2n) is 8.99. The van der Waals surface area contributed by atoms with Crippen molar-refractivity contribution in [2.75, 3.05) is 0 Å². The minimum atomic E-state index is -0.0778. The first-order valence-electron chi connectivity index (χ1n) is 11.1. The molecule has 162 valence electrons. The lowest BCUT2D eigenvalue weighted by Crippen LogP contribution is -2.18. The van der Waals surface area contributed by atoms with Crippen LogP contribution in [0.3, 0.4) is 0 Å². The molecule has 0 heterocycles. The Bertz CT molecular complexity index is 1040. The van der Waals surface area contributed by atoms with E-state index < -0.39 is 0 Å². The molecule has 0 saturated heterocycles. The number of hydrogen-bond donors (Lipinski definition) is 0. The minimum Gasteiger partial charge on any atom is -0.207 e. The molecule has 0 radical (unpaired) electrons. The molecule has 0 aromatic heterocycles. The lowest BCUT2D eigenvalue weighted by Gasteiger charge is -2.26. The van der Waals surface area contributed by atoms with E-state index in [4.69, 9.17) is 0 Å². The highest BCUT2D eigenvalue weighted by Crippen LogP contribution is 2.31. The van der Waals surface area contributed by atoms with Gasteiger partial charge in [0, 0.05) is 0 Å². The Kier molecular flexibility index (Phi) is 7.89. The molecule has 0 aliphatic carbocycles. The van der Waals surface area contributed by atoms with E-state index in [2.05, 4.69) is 91.3 Å². The van der Waals surface area contributed by atoms with E-state index in [1.54, 1.807) is 6.07 Å². The molecule has 0 amide bonds. The molecule has 0 bridgehead atoms. The molecule has 0 spiro atoms. The number of hydrogen-bond acceptors (Lipinski definition) is 0. The van der Waals surface area contributed by atoms with Crippen LogP contribution in [0.2, 0.25) is 0 Å². The van der Waals surface area contributed by atoms with Gasteiger partial charge in [0.15, 0.2) is 0 Å². The molecular formula is C29H32BrF. The Morgan fingerprint density at radius 1 is 0.968 bits per heavy atom. The van der Waals surface area contributed by atoms with Gasteiger partial charge < -0.3 is 0 Å². The van der Waals surface area contributed by atoms with Gasteiger partial charge in [-0.05, 0) is 82.5 Å². The highest BCUT2D eigenvalue weighted by Gasteiger charge is 2.21. The van der Waals surface area contributed by atoms with Crippen LogP contribution >= 0.6 is 15.9 Å². The molecule has 0 nitrogen and oxygen atoms in total. The number of aryl methyl sites for hydroxylation is 3. The van der Waals surface area contributed by atoms with Crippen molar-refractivity contribution in [3.8, 4) is 0 Å². The predicted molar refractivity (Wildman–Crippen MR) is 135 cm³/mol. The van der Waals surface area contributed by atoms with Gasteiger partial charge >= 0.3 is 0 Å². The summed E-state index contributed by atoms with van der Waals surface area (Å²) in [6.45, 7) is 8.53. The van der Waals surface area contributed by atoms with E-state index in [1.165, 1.54) is 27.8 Å². The maximum atomic E-state index is 14.3. The number of rotatable bonds is 8. The fourth-order valence-corrected chi connectivity index (χ4v) is 4.58. The standard InChI is InChI=1S/C29H32BrF/c1-5-23-15-16-26(19-28(23)31)29(3,4)17-7-9-22-8-6-10-25(18-22)27(20-30)24-13-11-21(2)12-14-24/h6,8,10-16,18-20H,5,7,9,17H2,1-4H3/b27-20-. The second-order valence-corrected chi connectivity index (χ2v) is 9.44. The summed E-state index contributed by atoms with van der Waals surface area (Å²) >= 11 is 3.56. The first-order chi connectivity index (χ1) is 14.8. The lowest BCUT2D eigenvalue weighted by atomic mass is 9.79. The fourth-order valence-electron chi connectivity index (χ4n) is 4.05. The lowest BCUT2D eigenvalue weighted by molar-refractivity contribution is 0.457. The van der Waals surface area contributed by atoms with E-state index in [0.29, 0.717) is 0 Å². The summed E-state index contributed by atoms with van der Waals surface area (Å²) in [6, 6.07) is 23.2. The second kappa shape index (κ2) is 10.4. The van der Waals surface area contributed by atoms with Crippen molar-refractivity contribution >= 4 is 21.5 Å². The first-order valence-corrected chi connectivity index (χ1v) is 12.0. The minimum absolute atomic E-state index is 0.0481. The van der Waals surface area contributed by atoms with Gasteiger partial charge in [0.25, 0.3) is 0 Å². The van der Waals surface area contributed by atoms with Crippen molar-refractivity contribution in [1.29, 1.82) is 0 Å². The van der Waals surface area contributed by atoms with Gasteiger partial charge in [0.05, 0.1) is 0 Å². The van der Waals surface area contributed by atoms with Crippen molar-refractivity contribution in [2.45, 2.75) is 58.8 Å². The summed E-state index contributed by atoms with van der Waals surface area (Å²) in [7, 11) is 0. The van der Waals surface area contributed by atoms with E-state index >= 15 is 0 Å². The zero-order valence-corrected chi connectivity index (χ0v) is 20.6. The average Bonchev–Trinajstić information content (AvgIpc) is 2.76. The molecule has 3 rings (SSSR count). The highest BCUT2D eigenvalue weighted by molar-refractivity contribution is 9.11. The average molecular weight is 479 g/mol. The molecular weight excluding hydrogens is 447 g/mol. The van der Waals surface area contributed by atoms with Crippen molar-refractivity contribution in [1.82, 2.24) is 0 Å². The molecule has 0 N–H and O–H groups in total. The van der Waals surface area contributed by atoms with E-state index in [0.717, 1.165) is 36.8 Å². The van der Waals surface area contributed by atoms with Gasteiger partial charge in [-0.3, -0.25) is 0 Å². The summed E-state index contributed by atoms with van der Waals surface area (Å²) in [5, 5.41) is 0. The molecule has 0 unspecified atom stereocenters. The maximum absolute atomic E-state index is 14.3. The summed E-state index contributed by atoms with van der Waals surface area (Å²) in [5.74, 6) is -0.0778. The predicted octanol–water partition coefficient (Wildman–Crippen LogP) is 8.78. The van der Waals surface area contributed by atoms with Gasteiger partial charge in [-0.2, -0.15) is 0 Å². The molecule has 31 heavy (non-hydrogen) atoms. The van der Waals surface area contributed by atoms with Gasteiger partial charge in [0.1, 0.15) is 5.82 Å². The molecule has 3 aromatic carbocycles. The van der Waals surface area contributed by atoms with E-state index in [9.17, 15) is 4.39 Å². The van der Waals surface area contributed by atoms with Crippen LogP contribution < -0.4 is 0 Å². The van der Waals surface area contributed by atoms with Crippen molar-refractivity contribution < 1.29 is 4.39 Å². The normalized spacial score (nSPS) is 12.3. The van der Waals surface area contributed by atoms with Crippen molar-refractivity contribution in [3.63, 3.8) is 0 Å². The maximum Gasteiger partial charge on any atom is 0.126 e. The zero-order valence-electron chi connectivity index (χ0n) is 19.0. The van der Waals surface area contributed by atoms with Crippen LogP contribution in [0, 0.1) is 12.7 Å².